The first kappa shape index (κ1) is 19.9. The van der Waals surface area contributed by atoms with Crippen molar-refractivity contribution in [1.82, 2.24) is 0 Å². The van der Waals surface area contributed by atoms with Gasteiger partial charge in [0, 0.05) is 0 Å². The van der Waals surface area contributed by atoms with E-state index in [4.69, 9.17) is 4.74 Å². The summed E-state index contributed by atoms with van der Waals surface area (Å²) < 4.78 is 6.02. The van der Waals surface area contributed by atoms with E-state index in [2.05, 4.69) is 34.6 Å². The fraction of sp³-hybridized carbons (Fsp3) is 1.00. The van der Waals surface area contributed by atoms with Crippen LogP contribution in [0.4, 0.5) is 0 Å². The minimum absolute atomic E-state index is 0.600. The fourth-order valence-electron chi connectivity index (χ4n) is 9.54. The molecule has 4 aliphatic carbocycles. The van der Waals surface area contributed by atoms with Gasteiger partial charge >= 0.3 is 0 Å². The van der Waals surface area contributed by atoms with Crippen LogP contribution in [0.2, 0.25) is 0 Å². The zero-order chi connectivity index (χ0) is 19.7. The largest absolute Gasteiger partial charge is 0.370 e. The number of fused-ring (bicyclic) bond motifs is 6. The number of rotatable bonds is 5. The molecule has 1 aliphatic heterocycles. The van der Waals surface area contributed by atoms with Crippen LogP contribution in [0.15, 0.2) is 0 Å². The third-order valence-electron chi connectivity index (χ3n) is 11.1. The quantitative estimate of drug-likeness (QED) is 0.446. The predicted octanol–water partition coefficient (Wildman–Crippen LogP) is 7.49. The van der Waals surface area contributed by atoms with E-state index in [1.54, 1.807) is 6.42 Å². The van der Waals surface area contributed by atoms with Crippen molar-refractivity contribution in [2.45, 2.75) is 117 Å². The Morgan fingerprint density at radius 1 is 0.857 bits per heavy atom. The molecule has 28 heavy (non-hydrogen) atoms. The van der Waals surface area contributed by atoms with E-state index in [1.807, 2.05) is 0 Å². The second-order valence-corrected chi connectivity index (χ2v) is 12.8. The summed E-state index contributed by atoms with van der Waals surface area (Å²) in [6.07, 6.45) is 17.6. The van der Waals surface area contributed by atoms with Crippen LogP contribution in [-0.4, -0.2) is 12.2 Å². The summed E-state index contributed by atoms with van der Waals surface area (Å²) in [5, 5.41) is 0. The van der Waals surface area contributed by atoms with E-state index in [0.29, 0.717) is 23.0 Å². The lowest BCUT2D eigenvalue weighted by Gasteiger charge is -2.60. The molecule has 5 aliphatic rings. The SMILES string of the molecule is CC(C)CCC[C@H](C)[C@@H]1CC[C@@H]2[C@@H]3CC[C@H]4C[C@@H]5O[C@@H]5C[C@]4(C)[C@H]3CC[C@]21C. The van der Waals surface area contributed by atoms with Gasteiger partial charge in [0.2, 0.25) is 0 Å². The van der Waals surface area contributed by atoms with E-state index in [0.717, 1.165) is 41.4 Å². The molecule has 0 aromatic heterocycles. The van der Waals surface area contributed by atoms with Gasteiger partial charge in [-0.3, -0.25) is 0 Å². The van der Waals surface area contributed by atoms with Crippen LogP contribution >= 0.6 is 0 Å². The molecule has 1 heterocycles. The average molecular weight is 387 g/mol. The molecular weight excluding hydrogens is 340 g/mol. The van der Waals surface area contributed by atoms with Gasteiger partial charge in [0.05, 0.1) is 12.2 Å². The number of epoxide rings is 1. The highest BCUT2D eigenvalue weighted by molar-refractivity contribution is 5.12. The molecule has 0 bridgehead atoms. The van der Waals surface area contributed by atoms with E-state index >= 15 is 0 Å². The topological polar surface area (TPSA) is 12.5 Å². The molecule has 1 heteroatoms. The third kappa shape index (κ3) is 3.04. The molecule has 0 spiro atoms. The van der Waals surface area contributed by atoms with Crippen molar-refractivity contribution in [2.24, 2.45) is 52.3 Å². The molecule has 0 aromatic carbocycles. The summed E-state index contributed by atoms with van der Waals surface area (Å²) in [6, 6.07) is 0. The smallest absolute Gasteiger partial charge is 0.0847 e. The molecule has 0 radical (unpaired) electrons. The normalized spacial score (nSPS) is 53.1. The molecule has 5 fully saturated rings. The van der Waals surface area contributed by atoms with Crippen molar-refractivity contribution in [1.29, 1.82) is 0 Å². The maximum atomic E-state index is 6.02. The van der Waals surface area contributed by atoms with E-state index in [1.165, 1.54) is 64.2 Å². The van der Waals surface area contributed by atoms with Gasteiger partial charge in [-0.05, 0) is 104 Å². The highest BCUT2D eigenvalue weighted by Crippen LogP contribution is 2.69. The zero-order valence-electron chi connectivity index (χ0n) is 19.4. The highest BCUT2D eigenvalue weighted by Gasteiger charge is 2.63. The first-order valence-electron chi connectivity index (χ1n) is 13.0. The maximum Gasteiger partial charge on any atom is 0.0847 e. The number of ether oxygens (including phenoxy) is 1. The molecule has 1 nitrogen and oxygen atoms in total. The lowest BCUT2D eigenvalue weighted by Crippen LogP contribution is -2.54. The fourth-order valence-corrected chi connectivity index (χ4v) is 9.54. The van der Waals surface area contributed by atoms with Gasteiger partial charge in [-0.25, -0.2) is 0 Å². The molecule has 0 aromatic rings. The average Bonchev–Trinajstić information content (AvgIpc) is 3.27. The molecule has 5 rings (SSSR count). The lowest BCUT2D eigenvalue weighted by atomic mass is 9.44. The van der Waals surface area contributed by atoms with Crippen molar-refractivity contribution < 1.29 is 4.74 Å². The van der Waals surface area contributed by atoms with Gasteiger partial charge in [0.15, 0.2) is 0 Å². The summed E-state index contributed by atoms with van der Waals surface area (Å²) >= 11 is 0. The molecule has 160 valence electrons. The predicted molar refractivity (Wildman–Crippen MR) is 117 cm³/mol. The lowest BCUT2D eigenvalue weighted by molar-refractivity contribution is -0.110. The van der Waals surface area contributed by atoms with Crippen LogP contribution in [0.3, 0.4) is 0 Å². The molecule has 0 unspecified atom stereocenters. The highest BCUT2D eigenvalue weighted by atomic mass is 16.6. The van der Waals surface area contributed by atoms with Gasteiger partial charge in [0.1, 0.15) is 0 Å². The standard InChI is InChI=1S/C27H46O/c1-17(2)7-6-8-18(3)21-11-12-22-20-10-9-19-15-24-25(28-24)16-27(19,5)23(20)13-14-26(21,22)4/h17-25H,6-16H2,1-5H3/t18-,19-,20-,21-,22+,23-,24-,25+,26-,27-/m0/s1. The van der Waals surface area contributed by atoms with Gasteiger partial charge in [-0.1, -0.05) is 53.9 Å². The van der Waals surface area contributed by atoms with Crippen LogP contribution in [0, 0.1) is 52.3 Å². The van der Waals surface area contributed by atoms with Crippen molar-refractivity contribution in [3.05, 3.63) is 0 Å². The van der Waals surface area contributed by atoms with Crippen LogP contribution in [-0.2, 0) is 4.74 Å². The summed E-state index contributed by atoms with van der Waals surface area (Å²) in [7, 11) is 0. The zero-order valence-corrected chi connectivity index (χ0v) is 19.4. The van der Waals surface area contributed by atoms with E-state index in [-0.39, 0.29) is 0 Å². The Hall–Kier alpha value is -0.0400. The first-order valence-corrected chi connectivity index (χ1v) is 13.0. The molecule has 0 N–H and O–H groups in total. The molecular formula is C27H46O. The van der Waals surface area contributed by atoms with Crippen LogP contribution in [0.1, 0.15) is 105 Å². The summed E-state index contributed by atoms with van der Waals surface area (Å²) in [6.45, 7) is 12.8. The molecule has 10 atom stereocenters. The van der Waals surface area contributed by atoms with Gasteiger partial charge in [-0.15, -0.1) is 0 Å². The molecule has 4 saturated carbocycles. The second-order valence-electron chi connectivity index (χ2n) is 12.8. The van der Waals surface area contributed by atoms with Crippen molar-refractivity contribution in [3.63, 3.8) is 0 Å². The second kappa shape index (κ2) is 7.00. The minimum atomic E-state index is 0.600. The Morgan fingerprint density at radius 2 is 1.64 bits per heavy atom. The Kier molecular flexibility index (Phi) is 4.97. The third-order valence-corrected chi connectivity index (χ3v) is 11.1. The Bertz CT molecular complexity index is 583. The monoisotopic (exact) mass is 386 g/mol. The van der Waals surface area contributed by atoms with Crippen LogP contribution in [0.25, 0.3) is 0 Å². The minimum Gasteiger partial charge on any atom is -0.370 e. The van der Waals surface area contributed by atoms with Crippen molar-refractivity contribution in [3.8, 4) is 0 Å². The summed E-state index contributed by atoms with van der Waals surface area (Å²) in [5.41, 5.74) is 1.25. The van der Waals surface area contributed by atoms with E-state index in [9.17, 15) is 0 Å². The Morgan fingerprint density at radius 3 is 2.43 bits per heavy atom. The molecule has 0 amide bonds. The van der Waals surface area contributed by atoms with Gasteiger partial charge < -0.3 is 4.74 Å². The van der Waals surface area contributed by atoms with Gasteiger partial charge in [-0.2, -0.15) is 0 Å². The van der Waals surface area contributed by atoms with Crippen LogP contribution in [0.5, 0.6) is 0 Å². The number of hydrogen-bond acceptors (Lipinski definition) is 1. The summed E-state index contributed by atoms with van der Waals surface area (Å²) in [4.78, 5) is 0. The Balaban J connectivity index is 1.30. The first-order chi connectivity index (χ1) is 13.3. The van der Waals surface area contributed by atoms with Crippen molar-refractivity contribution >= 4 is 0 Å². The van der Waals surface area contributed by atoms with E-state index < -0.39 is 0 Å². The number of hydrogen-bond donors (Lipinski definition) is 0. The Labute approximate surface area is 174 Å². The van der Waals surface area contributed by atoms with Gasteiger partial charge in [0.25, 0.3) is 0 Å². The molecule has 1 saturated heterocycles. The maximum absolute atomic E-state index is 6.02. The van der Waals surface area contributed by atoms with Crippen molar-refractivity contribution in [2.75, 3.05) is 0 Å². The summed E-state index contributed by atoms with van der Waals surface area (Å²) in [5.74, 6) is 6.84. The van der Waals surface area contributed by atoms with Crippen LogP contribution < -0.4 is 0 Å².